The third-order valence-electron chi connectivity index (χ3n) is 3.79. The second-order valence-corrected chi connectivity index (χ2v) is 6.37. The molecule has 2 heterocycles. The van der Waals surface area contributed by atoms with Crippen molar-refractivity contribution >= 4 is 22.3 Å². The highest BCUT2D eigenvalue weighted by molar-refractivity contribution is 7.19. The minimum atomic E-state index is -0.884. The largest absolute Gasteiger partial charge is 0.496 e. The maximum atomic E-state index is 11.4. The van der Waals surface area contributed by atoms with Gasteiger partial charge in [-0.15, -0.1) is 0 Å². The molecular weight excluding hydrogens is 312 g/mol. The Balaban J connectivity index is 2.10. The second-order valence-electron chi connectivity index (χ2n) is 5.40. The van der Waals surface area contributed by atoms with Gasteiger partial charge in [0.2, 0.25) is 0 Å². The minimum absolute atomic E-state index is 0.381. The van der Waals surface area contributed by atoms with Crippen molar-refractivity contribution in [2.75, 3.05) is 7.11 Å². The van der Waals surface area contributed by atoms with Crippen molar-refractivity contribution < 1.29 is 14.6 Å². The van der Waals surface area contributed by atoms with Gasteiger partial charge in [-0.05, 0) is 37.1 Å². The third kappa shape index (κ3) is 2.70. The number of aromatic carboxylic acids is 1. The molecule has 6 heteroatoms. The lowest BCUT2D eigenvalue weighted by Gasteiger charge is -2.05. The average molecular weight is 330 g/mol. The lowest BCUT2D eigenvalue weighted by molar-refractivity contribution is 0.0700. The Morgan fingerprint density at radius 1 is 1.43 bits per heavy atom. The van der Waals surface area contributed by atoms with Gasteiger partial charge in [0.1, 0.15) is 10.6 Å². The molecule has 0 saturated heterocycles. The van der Waals surface area contributed by atoms with Crippen LogP contribution < -0.4 is 4.74 Å². The number of carbonyl (C=O) groups is 1. The maximum absolute atomic E-state index is 11.4. The number of ether oxygens (including phenoxy) is 1. The van der Waals surface area contributed by atoms with E-state index in [0.29, 0.717) is 9.84 Å². The molecule has 1 aromatic carbocycles. The van der Waals surface area contributed by atoms with Gasteiger partial charge in [-0.1, -0.05) is 24.7 Å². The average Bonchev–Trinajstić information content (AvgIpc) is 3.07. The molecule has 0 aliphatic carbocycles. The first-order valence-corrected chi connectivity index (χ1v) is 8.25. The highest BCUT2D eigenvalue weighted by Crippen LogP contribution is 2.30. The number of aromatic nitrogens is 2. The molecule has 5 nitrogen and oxygen atoms in total. The number of hydrogen-bond acceptors (Lipinski definition) is 4. The molecule has 23 heavy (non-hydrogen) atoms. The predicted molar refractivity (Wildman–Crippen MR) is 90.7 cm³/mol. The summed E-state index contributed by atoms with van der Waals surface area (Å²) < 4.78 is 7.19. The van der Waals surface area contributed by atoms with Gasteiger partial charge in [-0.25, -0.2) is 9.78 Å². The first-order valence-electron chi connectivity index (χ1n) is 7.44. The third-order valence-corrected chi connectivity index (χ3v) is 4.88. The minimum Gasteiger partial charge on any atom is -0.496 e. The Bertz CT molecular complexity index is 879. The van der Waals surface area contributed by atoms with Crippen molar-refractivity contribution in [3.8, 4) is 17.0 Å². The van der Waals surface area contributed by atoms with Gasteiger partial charge >= 0.3 is 5.97 Å². The number of hydrogen-bond donors (Lipinski definition) is 1. The van der Waals surface area contributed by atoms with E-state index >= 15 is 0 Å². The molecule has 0 bridgehead atoms. The van der Waals surface area contributed by atoms with Crippen molar-refractivity contribution in [1.29, 1.82) is 0 Å². The van der Waals surface area contributed by atoms with Crippen LogP contribution in [0.2, 0.25) is 0 Å². The van der Waals surface area contributed by atoms with Crippen LogP contribution in [-0.2, 0) is 6.42 Å². The monoisotopic (exact) mass is 330 g/mol. The van der Waals surface area contributed by atoms with Crippen molar-refractivity contribution in [1.82, 2.24) is 9.38 Å². The Morgan fingerprint density at radius 3 is 2.83 bits per heavy atom. The molecule has 3 rings (SSSR count). The predicted octanol–water partition coefficient (Wildman–Crippen LogP) is 4.03. The van der Waals surface area contributed by atoms with E-state index in [1.54, 1.807) is 7.11 Å². The molecule has 0 aliphatic rings. The quantitative estimate of drug-likeness (QED) is 0.767. The fraction of sp³-hybridized carbons (Fsp3) is 0.294. The molecule has 3 aromatic rings. The SMILES string of the molecule is CCCc1c(C(=O)O)sc2nc(-c3ccc(OC)c(C)c3)cn12. The molecule has 0 unspecified atom stereocenters. The maximum Gasteiger partial charge on any atom is 0.347 e. The standard InChI is InChI=1S/C17H18N2O3S/c1-4-5-13-15(16(20)21)23-17-18-12(9-19(13)17)11-6-7-14(22-3)10(2)8-11/h6-9H,4-5H2,1-3H3,(H,20,21). The van der Waals surface area contributed by atoms with Crippen molar-refractivity contribution in [2.24, 2.45) is 0 Å². The molecule has 0 saturated carbocycles. The van der Waals surface area contributed by atoms with Crippen molar-refractivity contribution in [3.05, 3.63) is 40.5 Å². The van der Waals surface area contributed by atoms with Crippen LogP contribution in [0.4, 0.5) is 0 Å². The normalized spacial score (nSPS) is 11.1. The van der Waals surface area contributed by atoms with Gasteiger partial charge in [0.05, 0.1) is 12.8 Å². The van der Waals surface area contributed by atoms with Crippen LogP contribution in [0, 0.1) is 6.92 Å². The Kier molecular flexibility index (Phi) is 4.09. The molecule has 0 fully saturated rings. The second kappa shape index (κ2) is 6.04. The number of methoxy groups -OCH3 is 1. The summed E-state index contributed by atoms with van der Waals surface area (Å²) in [4.78, 5) is 17.1. The number of carboxylic acid groups (broad SMARTS) is 1. The van der Waals surface area contributed by atoms with E-state index in [0.717, 1.165) is 41.1 Å². The summed E-state index contributed by atoms with van der Waals surface area (Å²) in [7, 11) is 1.65. The summed E-state index contributed by atoms with van der Waals surface area (Å²) in [6, 6.07) is 5.92. The van der Waals surface area contributed by atoms with E-state index < -0.39 is 5.97 Å². The molecule has 120 valence electrons. The number of fused-ring (bicyclic) bond motifs is 1. The van der Waals surface area contributed by atoms with Crippen molar-refractivity contribution in [3.63, 3.8) is 0 Å². The number of nitrogens with zero attached hydrogens (tertiary/aromatic N) is 2. The molecule has 2 aromatic heterocycles. The summed E-state index contributed by atoms with van der Waals surface area (Å²) in [5.74, 6) is -0.0413. The zero-order valence-electron chi connectivity index (χ0n) is 13.3. The van der Waals surface area contributed by atoms with E-state index in [9.17, 15) is 9.90 Å². The fourth-order valence-electron chi connectivity index (χ4n) is 2.70. The zero-order chi connectivity index (χ0) is 16.6. The van der Waals surface area contributed by atoms with Crippen LogP contribution in [0.5, 0.6) is 5.75 Å². The van der Waals surface area contributed by atoms with Gasteiger partial charge < -0.3 is 9.84 Å². The molecular formula is C17H18N2O3S. The number of imidazole rings is 1. The summed E-state index contributed by atoms with van der Waals surface area (Å²) in [5.41, 5.74) is 3.71. The lowest BCUT2D eigenvalue weighted by Crippen LogP contribution is -2.00. The zero-order valence-corrected chi connectivity index (χ0v) is 14.1. The lowest BCUT2D eigenvalue weighted by atomic mass is 10.1. The number of aryl methyl sites for hydroxylation is 2. The Labute approximate surface area is 138 Å². The Morgan fingerprint density at radius 2 is 2.22 bits per heavy atom. The molecule has 0 spiro atoms. The fourth-order valence-corrected chi connectivity index (χ4v) is 3.70. The molecule has 0 atom stereocenters. The molecule has 0 amide bonds. The van der Waals surface area contributed by atoms with Gasteiger partial charge in [0.15, 0.2) is 4.96 Å². The van der Waals surface area contributed by atoms with E-state index in [4.69, 9.17) is 4.74 Å². The van der Waals surface area contributed by atoms with Crippen LogP contribution in [0.25, 0.3) is 16.2 Å². The van der Waals surface area contributed by atoms with Crippen LogP contribution in [0.1, 0.15) is 34.3 Å². The molecule has 1 N–H and O–H groups in total. The molecule has 0 aliphatic heterocycles. The summed E-state index contributed by atoms with van der Waals surface area (Å²) in [5, 5.41) is 9.35. The number of rotatable bonds is 5. The van der Waals surface area contributed by atoms with E-state index in [-0.39, 0.29) is 0 Å². The van der Waals surface area contributed by atoms with E-state index in [1.807, 2.05) is 42.6 Å². The van der Waals surface area contributed by atoms with Crippen LogP contribution >= 0.6 is 11.3 Å². The highest BCUT2D eigenvalue weighted by Gasteiger charge is 2.19. The van der Waals surface area contributed by atoms with Gasteiger partial charge in [-0.2, -0.15) is 0 Å². The van der Waals surface area contributed by atoms with Crippen LogP contribution in [0.15, 0.2) is 24.4 Å². The summed E-state index contributed by atoms with van der Waals surface area (Å²) >= 11 is 1.23. The van der Waals surface area contributed by atoms with Crippen LogP contribution in [0.3, 0.4) is 0 Å². The topological polar surface area (TPSA) is 63.8 Å². The first kappa shape index (κ1) is 15.6. The number of thiazole rings is 1. The highest BCUT2D eigenvalue weighted by atomic mass is 32.1. The van der Waals surface area contributed by atoms with E-state index in [2.05, 4.69) is 4.98 Å². The molecule has 0 radical (unpaired) electrons. The smallest absolute Gasteiger partial charge is 0.347 e. The van der Waals surface area contributed by atoms with Crippen LogP contribution in [-0.4, -0.2) is 27.6 Å². The summed E-state index contributed by atoms with van der Waals surface area (Å²) in [6.45, 7) is 4.03. The van der Waals surface area contributed by atoms with Crippen molar-refractivity contribution in [2.45, 2.75) is 26.7 Å². The number of carboxylic acids is 1. The first-order chi connectivity index (χ1) is 11.0. The Hall–Kier alpha value is -2.34. The van der Waals surface area contributed by atoms with Gasteiger partial charge in [0.25, 0.3) is 0 Å². The number of benzene rings is 1. The van der Waals surface area contributed by atoms with Gasteiger partial charge in [0, 0.05) is 17.5 Å². The van der Waals surface area contributed by atoms with Gasteiger partial charge in [-0.3, -0.25) is 4.40 Å². The summed E-state index contributed by atoms with van der Waals surface area (Å²) in [6.07, 6.45) is 3.53. The van der Waals surface area contributed by atoms with E-state index in [1.165, 1.54) is 11.3 Å².